The lowest BCUT2D eigenvalue weighted by Crippen LogP contribution is -2.30. The highest BCUT2D eigenvalue weighted by Crippen LogP contribution is 2.12. The molecule has 0 saturated heterocycles. The van der Waals surface area contributed by atoms with Crippen LogP contribution in [0.15, 0.2) is 52.7 Å². The van der Waals surface area contributed by atoms with Crippen molar-refractivity contribution < 1.29 is 13.2 Å². The maximum Gasteiger partial charge on any atom is 0.244 e. The zero-order valence-electron chi connectivity index (χ0n) is 13.5. The van der Waals surface area contributed by atoms with Crippen LogP contribution in [0, 0.1) is 0 Å². The second-order valence-corrected chi connectivity index (χ2v) is 8.18. The summed E-state index contributed by atoms with van der Waals surface area (Å²) in [5.41, 5.74) is 0.722. The topological polar surface area (TPSA) is 75.3 Å². The van der Waals surface area contributed by atoms with Crippen molar-refractivity contribution >= 4 is 33.3 Å². The molecule has 0 saturated carbocycles. The number of carbonyl (C=O) groups is 1. The fraction of sp³-hybridized carbons (Fsp3) is 0.235. The van der Waals surface area contributed by atoms with E-state index in [1.54, 1.807) is 49.5 Å². The second-order valence-electron chi connectivity index (χ2n) is 5.49. The Kier molecular flexibility index (Phi) is 6.30. The van der Waals surface area contributed by atoms with Gasteiger partial charge in [0.1, 0.15) is 0 Å². The van der Waals surface area contributed by atoms with Crippen molar-refractivity contribution in [3.05, 3.63) is 58.3 Å². The SMILES string of the molecule is CC(C)NS(=O)(=O)c1cccc(CNC(=O)C=Cc2cccs2)c1. The van der Waals surface area contributed by atoms with Gasteiger partial charge in [0.05, 0.1) is 4.90 Å². The summed E-state index contributed by atoms with van der Waals surface area (Å²) >= 11 is 1.55. The van der Waals surface area contributed by atoms with Crippen molar-refractivity contribution in [1.29, 1.82) is 0 Å². The highest BCUT2D eigenvalue weighted by atomic mass is 32.2. The van der Waals surface area contributed by atoms with Gasteiger partial charge in [0.15, 0.2) is 0 Å². The Morgan fingerprint density at radius 3 is 2.71 bits per heavy atom. The minimum absolute atomic E-state index is 0.180. The molecule has 2 rings (SSSR count). The summed E-state index contributed by atoms with van der Waals surface area (Å²) < 4.78 is 26.9. The fourth-order valence-electron chi connectivity index (χ4n) is 1.99. The summed E-state index contributed by atoms with van der Waals surface area (Å²) in [4.78, 5) is 13.0. The van der Waals surface area contributed by atoms with Gasteiger partial charge in [-0.05, 0) is 49.1 Å². The maximum absolute atomic E-state index is 12.2. The largest absolute Gasteiger partial charge is 0.348 e. The van der Waals surface area contributed by atoms with E-state index in [9.17, 15) is 13.2 Å². The molecule has 0 atom stereocenters. The van der Waals surface area contributed by atoms with Crippen molar-refractivity contribution in [1.82, 2.24) is 10.0 Å². The van der Waals surface area contributed by atoms with Gasteiger partial charge in [-0.3, -0.25) is 4.79 Å². The number of hydrogen-bond acceptors (Lipinski definition) is 4. The minimum atomic E-state index is -3.54. The van der Waals surface area contributed by atoms with Gasteiger partial charge < -0.3 is 5.32 Å². The predicted molar refractivity (Wildman–Crippen MR) is 97.1 cm³/mol. The molecule has 1 aromatic carbocycles. The van der Waals surface area contributed by atoms with Crippen LogP contribution in [0.2, 0.25) is 0 Å². The predicted octanol–water partition coefficient (Wildman–Crippen LogP) is 2.76. The van der Waals surface area contributed by atoms with E-state index in [-0.39, 0.29) is 23.4 Å². The normalized spacial score (nSPS) is 12.0. The lowest BCUT2D eigenvalue weighted by molar-refractivity contribution is -0.116. The van der Waals surface area contributed by atoms with Gasteiger partial charge in [0, 0.05) is 23.5 Å². The van der Waals surface area contributed by atoms with Crippen LogP contribution in [0.5, 0.6) is 0 Å². The standard InChI is InChI=1S/C17H20N2O3S2/c1-13(2)19-24(21,22)16-7-3-5-14(11-16)12-18-17(20)9-8-15-6-4-10-23-15/h3-11,13,19H,12H2,1-2H3,(H,18,20). The molecule has 0 aliphatic heterocycles. The van der Waals surface area contributed by atoms with Crippen molar-refractivity contribution in [3.8, 4) is 0 Å². The zero-order valence-corrected chi connectivity index (χ0v) is 15.2. The van der Waals surface area contributed by atoms with E-state index in [0.29, 0.717) is 0 Å². The first-order valence-corrected chi connectivity index (χ1v) is 9.84. The molecule has 0 aliphatic carbocycles. The summed E-state index contributed by atoms with van der Waals surface area (Å²) in [6.45, 7) is 3.79. The van der Waals surface area contributed by atoms with E-state index in [1.807, 2.05) is 17.5 Å². The molecule has 128 valence electrons. The summed E-state index contributed by atoms with van der Waals surface area (Å²) in [5.74, 6) is -0.225. The maximum atomic E-state index is 12.2. The molecule has 0 spiro atoms. The Balaban J connectivity index is 1.98. The monoisotopic (exact) mass is 364 g/mol. The van der Waals surface area contributed by atoms with Crippen molar-refractivity contribution in [2.45, 2.75) is 31.3 Å². The van der Waals surface area contributed by atoms with Crippen LogP contribution in [-0.2, 0) is 21.4 Å². The number of rotatable bonds is 7. The Morgan fingerprint density at radius 2 is 2.04 bits per heavy atom. The summed E-state index contributed by atoms with van der Waals surface area (Å²) in [7, 11) is -3.54. The van der Waals surface area contributed by atoms with Crippen molar-refractivity contribution in [3.63, 3.8) is 0 Å². The van der Waals surface area contributed by atoms with Crippen LogP contribution in [0.1, 0.15) is 24.3 Å². The third-order valence-corrected chi connectivity index (χ3v) is 5.50. The smallest absolute Gasteiger partial charge is 0.244 e. The van der Waals surface area contributed by atoms with E-state index in [2.05, 4.69) is 10.0 Å². The number of carbonyl (C=O) groups excluding carboxylic acids is 1. The second kappa shape index (κ2) is 8.23. The van der Waals surface area contributed by atoms with Gasteiger partial charge >= 0.3 is 0 Å². The third kappa shape index (κ3) is 5.59. The number of amides is 1. The Labute approximate surface area is 146 Å². The van der Waals surface area contributed by atoms with Crippen LogP contribution in [0.4, 0.5) is 0 Å². The van der Waals surface area contributed by atoms with Crippen molar-refractivity contribution in [2.75, 3.05) is 0 Å². The number of hydrogen-bond donors (Lipinski definition) is 2. The van der Waals surface area contributed by atoms with Gasteiger partial charge in [-0.15, -0.1) is 11.3 Å². The molecule has 0 fully saturated rings. The summed E-state index contributed by atoms with van der Waals surface area (Å²) in [5, 5.41) is 4.68. The lowest BCUT2D eigenvalue weighted by Gasteiger charge is -2.10. The number of nitrogens with one attached hydrogen (secondary N) is 2. The molecule has 7 heteroatoms. The molecule has 2 aromatic rings. The van der Waals surface area contributed by atoms with Crippen LogP contribution in [0.25, 0.3) is 6.08 Å². The molecule has 0 radical (unpaired) electrons. The molecule has 0 bridgehead atoms. The van der Waals surface area contributed by atoms with Gasteiger partial charge in [-0.25, -0.2) is 13.1 Å². The molecule has 1 heterocycles. The first-order chi connectivity index (χ1) is 11.4. The molecule has 5 nitrogen and oxygen atoms in total. The van der Waals surface area contributed by atoms with Crippen LogP contribution >= 0.6 is 11.3 Å². The van der Waals surface area contributed by atoms with Crippen LogP contribution in [-0.4, -0.2) is 20.4 Å². The van der Waals surface area contributed by atoms with E-state index in [0.717, 1.165) is 10.4 Å². The van der Waals surface area contributed by atoms with E-state index in [4.69, 9.17) is 0 Å². The molecular formula is C17H20N2O3S2. The highest BCUT2D eigenvalue weighted by Gasteiger charge is 2.15. The first kappa shape index (κ1) is 18.4. The van der Waals surface area contributed by atoms with Gasteiger partial charge in [0.2, 0.25) is 15.9 Å². The minimum Gasteiger partial charge on any atom is -0.348 e. The molecule has 2 N–H and O–H groups in total. The van der Waals surface area contributed by atoms with E-state index >= 15 is 0 Å². The molecule has 0 aliphatic rings. The molecular weight excluding hydrogens is 344 g/mol. The number of sulfonamides is 1. The third-order valence-electron chi connectivity index (χ3n) is 3.01. The average Bonchev–Trinajstić information content (AvgIpc) is 3.03. The van der Waals surface area contributed by atoms with E-state index < -0.39 is 10.0 Å². The fourth-order valence-corrected chi connectivity index (χ4v) is 3.93. The zero-order chi connectivity index (χ0) is 17.6. The van der Waals surface area contributed by atoms with Crippen LogP contribution < -0.4 is 10.0 Å². The van der Waals surface area contributed by atoms with Gasteiger partial charge in [-0.1, -0.05) is 18.2 Å². The lowest BCUT2D eigenvalue weighted by atomic mass is 10.2. The Bertz CT molecular complexity index is 810. The summed E-state index contributed by atoms with van der Waals surface area (Å²) in [6, 6.07) is 10.2. The quantitative estimate of drug-likeness (QED) is 0.742. The molecule has 0 unspecified atom stereocenters. The number of benzene rings is 1. The van der Waals surface area contributed by atoms with Crippen molar-refractivity contribution in [2.24, 2.45) is 0 Å². The van der Waals surface area contributed by atoms with Gasteiger partial charge in [0.25, 0.3) is 0 Å². The Morgan fingerprint density at radius 1 is 1.25 bits per heavy atom. The van der Waals surface area contributed by atoms with E-state index in [1.165, 1.54) is 12.1 Å². The van der Waals surface area contributed by atoms with Crippen LogP contribution in [0.3, 0.4) is 0 Å². The average molecular weight is 364 g/mol. The molecule has 1 amide bonds. The summed E-state index contributed by atoms with van der Waals surface area (Å²) in [6.07, 6.45) is 3.21. The molecule has 24 heavy (non-hydrogen) atoms. The highest BCUT2D eigenvalue weighted by molar-refractivity contribution is 7.89. The molecule has 1 aromatic heterocycles. The first-order valence-electron chi connectivity index (χ1n) is 7.47. The van der Waals surface area contributed by atoms with Gasteiger partial charge in [-0.2, -0.15) is 0 Å². The Hall–Kier alpha value is -1.96. The number of thiophene rings is 1.